The van der Waals surface area contributed by atoms with Crippen molar-refractivity contribution in [3.63, 3.8) is 0 Å². The van der Waals surface area contributed by atoms with Crippen LogP contribution in [-0.2, 0) is 21.5 Å². The molecule has 0 aromatic heterocycles. The molecule has 1 unspecified atom stereocenters. The van der Waals surface area contributed by atoms with E-state index in [1.165, 1.54) is 24.8 Å². The number of nitrogens with zero attached hydrogens (tertiary/aromatic N) is 1. The lowest BCUT2D eigenvalue weighted by Gasteiger charge is -2.43. The largest absolute Gasteiger partial charge is 0.364 e. The van der Waals surface area contributed by atoms with Gasteiger partial charge in [-0.15, -0.1) is 0 Å². The van der Waals surface area contributed by atoms with Crippen molar-refractivity contribution < 1.29 is 9.53 Å². The minimum Gasteiger partial charge on any atom is -0.364 e. The molecule has 1 atom stereocenters. The van der Waals surface area contributed by atoms with Crippen LogP contribution in [0.15, 0.2) is 54.6 Å². The molecule has 0 bridgehead atoms. The van der Waals surface area contributed by atoms with Crippen LogP contribution in [0.2, 0.25) is 0 Å². The summed E-state index contributed by atoms with van der Waals surface area (Å²) in [6.45, 7) is 11.7. The third-order valence-corrected chi connectivity index (χ3v) is 5.17. The van der Waals surface area contributed by atoms with Gasteiger partial charge in [0, 0.05) is 13.7 Å². The average molecular weight is 412 g/mol. The van der Waals surface area contributed by atoms with Crippen LogP contribution in [0.4, 0.5) is 0 Å². The SMILES string of the molecule is CCC.CCCC.CCCC1(c2ccccc2)C(=O)N(COC)Cc2ccccc21. The quantitative estimate of drug-likeness (QED) is 0.515. The highest BCUT2D eigenvalue weighted by Gasteiger charge is 2.47. The van der Waals surface area contributed by atoms with E-state index in [2.05, 4.69) is 58.9 Å². The number of amides is 1. The summed E-state index contributed by atoms with van der Waals surface area (Å²) in [7, 11) is 1.64. The highest BCUT2D eigenvalue weighted by molar-refractivity contribution is 5.94. The molecule has 0 radical (unpaired) electrons. The topological polar surface area (TPSA) is 29.5 Å². The van der Waals surface area contributed by atoms with Gasteiger partial charge in [-0.25, -0.2) is 0 Å². The molecule has 0 spiro atoms. The number of hydrogen-bond donors (Lipinski definition) is 0. The normalized spacial score (nSPS) is 17.3. The van der Waals surface area contributed by atoms with E-state index in [-0.39, 0.29) is 5.91 Å². The fraction of sp³-hybridized carbons (Fsp3) is 0.519. The van der Waals surface area contributed by atoms with Gasteiger partial charge in [-0.05, 0) is 23.1 Å². The van der Waals surface area contributed by atoms with Crippen molar-refractivity contribution in [3.05, 3.63) is 71.3 Å². The van der Waals surface area contributed by atoms with Gasteiger partial charge >= 0.3 is 0 Å². The van der Waals surface area contributed by atoms with E-state index in [9.17, 15) is 4.79 Å². The van der Waals surface area contributed by atoms with Crippen molar-refractivity contribution in [3.8, 4) is 0 Å². The van der Waals surface area contributed by atoms with Gasteiger partial charge in [0.15, 0.2) is 0 Å². The molecule has 2 aromatic carbocycles. The number of rotatable bonds is 6. The highest BCUT2D eigenvalue weighted by atomic mass is 16.5. The molecule has 166 valence electrons. The number of hydrogen-bond acceptors (Lipinski definition) is 2. The first-order valence-electron chi connectivity index (χ1n) is 11.5. The maximum absolute atomic E-state index is 13.4. The lowest BCUT2D eigenvalue weighted by molar-refractivity contribution is -0.143. The first-order chi connectivity index (χ1) is 14.6. The van der Waals surface area contributed by atoms with Crippen LogP contribution in [-0.4, -0.2) is 24.6 Å². The molecular formula is C27H41NO2. The average Bonchev–Trinajstić information content (AvgIpc) is 2.78. The Balaban J connectivity index is 0.000000564. The molecule has 0 saturated carbocycles. The number of fused-ring (bicyclic) bond motifs is 1. The lowest BCUT2D eigenvalue weighted by atomic mass is 9.67. The molecule has 1 aliphatic heterocycles. The molecule has 0 saturated heterocycles. The molecule has 0 aliphatic carbocycles. The second kappa shape index (κ2) is 14.0. The predicted molar refractivity (Wildman–Crippen MR) is 128 cm³/mol. The van der Waals surface area contributed by atoms with Crippen molar-refractivity contribution in [2.75, 3.05) is 13.8 Å². The predicted octanol–water partition coefficient (Wildman–Crippen LogP) is 6.94. The van der Waals surface area contributed by atoms with Crippen LogP contribution < -0.4 is 0 Å². The molecule has 3 nitrogen and oxygen atoms in total. The lowest BCUT2D eigenvalue weighted by Crippen LogP contribution is -2.52. The maximum atomic E-state index is 13.4. The second-order valence-corrected chi connectivity index (χ2v) is 7.81. The second-order valence-electron chi connectivity index (χ2n) is 7.81. The summed E-state index contributed by atoms with van der Waals surface area (Å²) in [5.74, 6) is 0.145. The van der Waals surface area contributed by atoms with Crippen LogP contribution in [0.1, 0.15) is 83.4 Å². The summed E-state index contributed by atoms with van der Waals surface area (Å²) < 4.78 is 5.28. The number of methoxy groups -OCH3 is 1. The Morgan fingerprint density at radius 2 is 1.43 bits per heavy atom. The van der Waals surface area contributed by atoms with Crippen LogP contribution >= 0.6 is 0 Å². The summed E-state index contributed by atoms with van der Waals surface area (Å²) in [6.07, 6.45) is 5.63. The summed E-state index contributed by atoms with van der Waals surface area (Å²) >= 11 is 0. The number of unbranched alkanes of at least 4 members (excludes halogenated alkanes) is 1. The Hall–Kier alpha value is -2.13. The van der Waals surface area contributed by atoms with Crippen LogP contribution in [0.5, 0.6) is 0 Å². The summed E-state index contributed by atoms with van der Waals surface area (Å²) in [5, 5.41) is 0. The monoisotopic (exact) mass is 411 g/mol. The molecule has 0 N–H and O–H groups in total. The fourth-order valence-electron chi connectivity index (χ4n) is 3.76. The van der Waals surface area contributed by atoms with Crippen LogP contribution in [0, 0.1) is 0 Å². The van der Waals surface area contributed by atoms with Crippen LogP contribution in [0.3, 0.4) is 0 Å². The minimum atomic E-state index is -0.608. The standard InChI is InChI=1S/C20H23NO2.C4H10.C3H8/c1-3-13-20(17-10-5-4-6-11-17)18-12-8-7-9-16(18)14-21(15-23-2)19(20)22;1-3-4-2;1-3-2/h4-12H,3,13-15H2,1-2H3;3-4H2,1-2H3;3H2,1-2H3. The molecular weight excluding hydrogens is 370 g/mol. The van der Waals surface area contributed by atoms with Gasteiger partial charge in [-0.3, -0.25) is 4.79 Å². The smallest absolute Gasteiger partial charge is 0.239 e. The Labute approximate surface area is 184 Å². The zero-order valence-electron chi connectivity index (χ0n) is 19.9. The third kappa shape index (κ3) is 6.18. The molecule has 3 heteroatoms. The molecule has 0 fully saturated rings. The van der Waals surface area contributed by atoms with Crippen molar-refractivity contribution in [1.82, 2.24) is 4.90 Å². The van der Waals surface area contributed by atoms with Gasteiger partial charge in [-0.1, -0.05) is 115 Å². The van der Waals surface area contributed by atoms with E-state index in [1.807, 2.05) is 35.2 Å². The Morgan fingerprint density at radius 1 is 0.867 bits per heavy atom. The number of carbonyl (C=O) groups excluding carboxylic acids is 1. The summed E-state index contributed by atoms with van der Waals surface area (Å²) in [5.41, 5.74) is 2.82. The zero-order chi connectivity index (χ0) is 22.4. The molecule has 2 aromatic rings. The molecule has 1 heterocycles. The molecule has 30 heavy (non-hydrogen) atoms. The first kappa shape index (κ1) is 25.9. The van der Waals surface area contributed by atoms with Crippen molar-refractivity contribution >= 4 is 5.91 Å². The van der Waals surface area contributed by atoms with Gasteiger partial charge in [0.1, 0.15) is 6.73 Å². The molecule has 1 aliphatic rings. The van der Waals surface area contributed by atoms with Crippen molar-refractivity contribution in [2.24, 2.45) is 0 Å². The van der Waals surface area contributed by atoms with Gasteiger partial charge < -0.3 is 9.64 Å². The van der Waals surface area contributed by atoms with Gasteiger partial charge in [-0.2, -0.15) is 0 Å². The fourth-order valence-corrected chi connectivity index (χ4v) is 3.76. The van der Waals surface area contributed by atoms with Gasteiger partial charge in [0.2, 0.25) is 5.91 Å². The molecule has 3 rings (SSSR count). The van der Waals surface area contributed by atoms with Crippen molar-refractivity contribution in [1.29, 1.82) is 0 Å². The molecule has 1 amide bonds. The summed E-state index contributed by atoms with van der Waals surface area (Å²) in [6, 6.07) is 18.5. The van der Waals surface area contributed by atoms with E-state index in [0.717, 1.165) is 24.0 Å². The zero-order valence-corrected chi connectivity index (χ0v) is 19.9. The third-order valence-electron chi connectivity index (χ3n) is 5.17. The van der Waals surface area contributed by atoms with E-state index < -0.39 is 5.41 Å². The highest BCUT2D eigenvalue weighted by Crippen LogP contribution is 2.43. The van der Waals surface area contributed by atoms with Crippen LogP contribution in [0.25, 0.3) is 0 Å². The Kier molecular flexibility index (Phi) is 12.1. The number of carbonyl (C=O) groups is 1. The minimum absolute atomic E-state index is 0.145. The maximum Gasteiger partial charge on any atom is 0.239 e. The number of ether oxygens (including phenoxy) is 1. The summed E-state index contributed by atoms with van der Waals surface area (Å²) in [4.78, 5) is 15.3. The van der Waals surface area contributed by atoms with E-state index in [0.29, 0.717) is 13.3 Å². The van der Waals surface area contributed by atoms with Gasteiger partial charge in [0.25, 0.3) is 0 Å². The van der Waals surface area contributed by atoms with Crippen molar-refractivity contribution in [2.45, 2.75) is 78.7 Å². The first-order valence-corrected chi connectivity index (χ1v) is 11.5. The number of benzene rings is 2. The Bertz CT molecular complexity index is 727. The van der Waals surface area contributed by atoms with E-state index in [4.69, 9.17) is 4.74 Å². The van der Waals surface area contributed by atoms with E-state index in [1.54, 1.807) is 7.11 Å². The van der Waals surface area contributed by atoms with E-state index >= 15 is 0 Å². The Morgan fingerprint density at radius 3 is 1.97 bits per heavy atom. The van der Waals surface area contributed by atoms with Gasteiger partial charge in [0.05, 0.1) is 5.41 Å².